The molecule has 4 aromatic carbocycles. The third-order valence-corrected chi connectivity index (χ3v) is 8.70. The fourth-order valence-corrected chi connectivity index (χ4v) is 6.08. The van der Waals surface area contributed by atoms with E-state index in [4.69, 9.17) is 18.9 Å². The molecular weight excluding hydrogens is 590 g/mol. The zero-order valence-corrected chi connectivity index (χ0v) is 27.9. The first-order valence-electron chi connectivity index (χ1n) is 16.3. The Balaban J connectivity index is 1.21. The topological polar surface area (TPSA) is 82.2 Å². The molecule has 0 unspecified atom stereocenters. The molecule has 0 atom stereocenters. The summed E-state index contributed by atoms with van der Waals surface area (Å²) in [6.45, 7) is 10.4. The first-order chi connectivity index (χ1) is 22.7. The van der Waals surface area contributed by atoms with Gasteiger partial charge in [-0.15, -0.1) is 0 Å². The molecule has 6 rings (SSSR count). The zero-order valence-electron chi connectivity index (χ0n) is 27.9. The van der Waals surface area contributed by atoms with Crippen molar-refractivity contribution in [3.8, 4) is 28.7 Å². The average Bonchev–Trinajstić information content (AvgIpc) is 3.59. The van der Waals surface area contributed by atoms with Crippen LogP contribution in [0.3, 0.4) is 0 Å². The first kappa shape index (κ1) is 32.1. The van der Waals surface area contributed by atoms with Crippen LogP contribution in [0.2, 0.25) is 0 Å². The van der Waals surface area contributed by atoms with Gasteiger partial charge in [0, 0.05) is 29.8 Å². The molecule has 1 saturated heterocycles. The van der Waals surface area contributed by atoms with Gasteiger partial charge in [-0.3, -0.25) is 9.78 Å². The molecule has 1 aromatic heterocycles. The third kappa shape index (κ3) is 7.28. The maximum absolute atomic E-state index is 13.6. The van der Waals surface area contributed by atoms with Crippen molar-refractivity contribution in [2.24, 2.45) is 0 Å². The van der Waals surface area contributed by atoms with Gasteiger partial charge in [0.25, 0.3) is 5.91 Å². The Kier molecular flexibility index (Phi) is 9.50. The SMILES string of the molecule is COc1ccc(C(C)(C)C)cc1NC(=O)c1cccc2cc(Oc3ccnc4cc(OCCCN5CCCC5)c(OC)cc34)ccc12. The number of fused-ring (bicyclic) bond motifs is 2. The van der Waals surface area contributed by atoms with E-state index in [0.717, 1.165) is 40.2 Å². The van der Waals surface area contributed by atoms with Crippen LogP contribution in [0.5, 0.6) is 28.7 Å². The Morgan fingerprint density at radius 2 is 1.66 bits per heavy atom. The molecule has 1 N–H and O–H groups in total. The number of hydrogen-bond acceptors (Lipinski definition) is 7. The number of likely N-dealkylation sites (tertiary alicyclic amines) is 1. The van der Waals surface area contributed by atoms with Gasteiger partial charge >= 0.3 is 0 Å². The lowest BCUT2D eigenvalue weighted by Crippen LogP contribution is -2.21. The van der Waals surface area contributed by atoms with Crippen LogP contribution in [0, 0.1) is 0 Å². The molecular formula is C39H43N3O5. The maximum Gasteiger partial charge on any atom is 0.256 e. The number of aromatic nitrogens is 1. The Labute approximate surface area is 276 Å². The van der Waals surface area contributed by atoms with E-state index in [9.17, 15) is 4.79 Å². The molecule has 0 saturated carbocycles. The maximum atomic E-state index is 13.6. The predicted octanol–water partition coefficient (Wildman–Crippen LogP) is 8.61. The second-order valence-electron chi connectivity index (χ2n) is 13.0. The Hall–Kier alpha value is -4.82. The van der Waals surface area contributed by atoms with Crippen molar-refractivity contribution in [1.82, 2.24) is 9.88 Å². The Bertz CT molecular complexity index is 1890. The van der Waals surface area contributed by atoms with Crippen LogP contribution in [0.25, 0.3) is 21.7 Å². The van der Waals surface area contributed by atoms with Gasteiger partial charge in [-0.2, -0.15) is 0 Å². The van der Waals surface area contributed by atoms with E-state index < -0.39 is 0 Å². The van der Waals surface area contributed by atoms with Crippen LogP contribution in [0.15, 0.2) is 79.0 Å². The molecule has 0 aliphatic carbocycles. The lowest BCUT2D eigenvalue weighted by Gasteiger charge is -2.21. The van der Waals surface area contributed by atoms with Gasteiger partial charge in [0.05, 0.1) is 32.0 Å². The standard InChI is InChI=1S/C39H43N3O5/c1-39(2,3)27-12-15-35(44-4)33(23-27)41-38(43)30-11-8-10-26-22-28(13-14-29(26)30)47-34-16-17-40-32-25-37(36(45-5)24-31(32)34)46-21-9-20-42-18-6-7-19-42/h8,10-17,22-25H,6-7,9,18-21H2,1-5H3,(H,41,43). The summed E-state index contributed by atoms with van der Waals surface area (Å²) in [5.74, 6) is 2.99. The number of hydrogen-bond donors (Lipinski definition) is 1. The Morgan fingerprint density at radius 1 is 0.851 bits per heavy atom. The number of ether oxygens (including phenoxy) is 4. The first-order valence-corrected chi connectivity index (χ1v) is 16.3. The molecule has 0 spiro atoms. The van der Waals surface area contributed by atoms with E-state index in [-0.39, 0.29) is 11.3 Å². The van der Waals surface area contributed by atoms with Crippen molar-refractivity contribution in [2.75, 3.05) is 45.8 Å². The number of methoxy groups -OCH3 is 2. The van der Waals surface area contributed by atoms with Crippen molar-refractivity contribution in [3.05, 3.63) is 90.1 Å². The highest BCUT2D eigenvalue weighted by molar-refractivity contribution is 6.13. The minimum Gasteiger partial charge on any atom is -0.495 e. The largest absolute Gasteiger partial charge is 0.495 e. The number of amides is 1. The number of pyridine rings is 1. The van der Waals surface area contributed by atoms with Crippen molar-refractivity contribution < 1.29 is 23.7 Å². The van der Waals surface area contributed by atoms with Crippen molar-refractivity contribution >= 4 is 33.3 Å². The summed E-state index contributed by atoms with van der Waals surface area (Å²) in [5.41, 5.74) is 2.98. The predicted molar refractivity (Wildman–Crippen MR) is 188 cm³/mol. The van der Waals surface area contributed by atoms with E-state index in [2.05, 4.69) is 36.0 Å². The van der Waals surface area contributed by atoms with E-state index in [1.54, 1.807) is 20.4 Å². The number of benzene rings is 4. The van der Waals surface area contributed by atoms with Crippen molar-refractivity contribution in [1.29, 1.82) is 0 Å². The molecule has 0 bridgehead atoms. The summed E-state index contributed by atoms with van der Waals surface area (Å²) in [4.78, 5) is 20.6. The van der Waals surface area contributed by atoms with Gasteiger partial charge < -0.3 is 29.2 Å². The molecule has 244 valence electrons. The van der Waals surface area contributed by atoms with Crippen LogP contribution in [0.4, 0.5) is 5.69 Å². The van der Waals surface area contributed by atoms with Crippen LogP contribution in [-0.2, 0) is 5.41 Å². The minimum absolute atomic E-state index is 0.0737. The fraction of sp³-hybridized carbons (Fsp3) is 0.333. The normalized spacial score (nSPS) is 13.6. The molecule has 1 fully saturated rings. The van der Waals surface area contributed by atoms with Gasteiger partial charge in [-0.1, -0.05) is 39.0 Å². The Morgan fingerprint density at radius 3 is 2.43 bits per heavy atom. The van der Waals surface area contributed by atoms with E-state index in [1.165, 1.54) is 25.9 Å². The molecule has 5 aromatic rings. The number of nitrogens with zero attached hydrogens (tertiary/aromatic N) is 2. The molecule has 8 nitrogen and oxygen atoms in total. The third-order valence-electron chi connectivity index (χ3n) is 8.70. The summed E-state index contributed by atoms with van der Waals surface area (Å²) >= 11 is 0. The van der Waals surface area contributed by atoms with Crippen molar-refractivity contribution in [3.63, 3.8) is 0 Å². The molecule has 2 heterocycles. The lowest BCUT2D eigenvalue weighted by atomic mass is 9.87. The van der Waals surface area contributed by atoms with Crippen LogP contribution < -0.4 is 24.3 Å². The monoisotopic (exact) mass is 633 g/mol. The molecule has 0 radical (unpaired) electrons. The van der Waals surface area contributed by atoms with Gasteiger partial charge in [0.15, 0.2) is 11.5 Å². The average molecular weight is 634 g/mol. The summed E-state index contributed by atoms with van der Waals surface area (Å²) in [6.07, 6.45) is 5.27. The highest BCUT2D eigenvalue weighted by atomic mass is 16.5. The second-order valence-corrected chi connectivity index (χ2v) is 13.0. The summed E-state index contributed by atoms with van der Waals surface area (Å²) < 4.78 is 23.8. The van der Waals surface area contributed by atoms with Crippen molar-refractivity contribution in [2.45, 2.75) is 45.4 Å². The number of rotatable bonds is 11. The van der Waals surface area contributed by atoms with E-state index >= 15 is 0 Å². The van der Waals surface area contributed by atoms with E-state index in [1.807, 2.05) is 72.8 Å². The highest BCUT2D eigenvalue weighted by Crippen LogP contribution is 2.38. The zero-order chi connectivity index (χ0) is 33.0. The molecule has 8 heteroatoms. The van der Waals surface area contributed by atoms with Crippen LogP contribution in [0.1, 0.15) is 56.0 Å². The van der Waals surface area contributed by atoms with E-state index in [0.29, 0.717) is 46.6 Å². The summed E-state index contributed by atoms with van der Waals surface area (Å²) in [6, 6.07) is 23.0. The molecule has 47 heavy (non-hydrogen) atoms. The van der Waals surface area contributed by atoms with Gasteiger partial charge in [-0.05, 0) is 103 Å². The molecule has 1 amide bonds. The van der Waals surface area contributed by atoms with Gasteiger partial charge in [0.2, 0.25) is 0 Å². The lowest BCUT2D eigenvalue weighted by molar-refractivity contribution is 0.102. The number of anilines is 1. The van der Waals surface area contributed by atoms with Crippen LogP contribution in [-0.4, -0.2) is 56.3 Å². The summed E-state index contributed by atoms with van der Waals surface area (Å²) in [7, 11) is 3.25. The smallest absolute Gasteiger partial charge is 0.256 e. The fourth-order valence-electron chi connectivity index (χ4n) is 6.08. The van der Waals surface area contributed by atoms with Gasteiger partial charge in [0.1, 0.15) is 17.2 Å². The highest BCUT2D eigenvalue weighted by Gasteiger charge is 2.19. The van der Waals surface area contributed by atoms with Crippen LogP contribution >= 0.6 is 0 Å². The number of carbonyl (C=O) groups is 1. The quantitative estimate of drug-likeness (QED) is 0.146. The molecule has 1 aliphatic heterocycles. The molecule has 1 aliphatic rings. The number of nitrogens with one attached hydrogen (secondary N) is 1. The van der Waals surface area contributed by atoms with Gasteiger partial charge in [-0.25, -0.2) is 0 Å². The second kappa shape index (κ2) is 13.9. The summed E-state index contributed by atoms with van der Waals surface area (Å²) in [5, 5.41) is 5.58. The number of carbonyl (C=O) groups excluding carboxylic acids is 1. The minimum atomic E-state index is -0.213.